The summed E-state index contributed by atoms with van der Waals surface area (Å²) in [5.74, 6) is -2.65. The summed E-state index contributed by atoms with van der Waals surface area (Å²) in [4.78, 5) is 48.1. The molecule has 0 radical (unpaired) electrons. The molecule has 1 aliphatic heterocycles. The monoisotopic (exact) mass is 580 g/mol. The molecule has 11 heteroatoms. The lowest BCUT2D eigenvalue weighted by Crippen LogP contribution is -2.54. The fourth-order valence-electron chi connectivity index (χ4n) is 6.08. The Balaban J connectivity index is 1.24. The lowest BCUT2D eigenvalue weighted by atomic mass is 9.97. The Hall–Kier alpha value is -3.47. The summed E-state index contributed by atoms with van der Waals surface area (Å²) in [5, 5.41) is 6.73. The van der Waals surface area contributed by atoms with Crippen LogP contribution in [-0.4, -0.2) is 67.2 Å². The number of likely N-dealkylation sites (N-methyl/N-ethyl adjacent to an activating group) is 1. The highest BCUT2D eigenvalue weighted by atomic mass is 32.2. The van der Waals surface area contributed by atoms with E-state index >= 15 is 0 Å². The first-order valence-electron chi connectivity index (χ1n) is 14.5. The molecule has 2 saturated carbocycles. The second kappa shape index (κ2) is 10.7. The van der Waals surface area contributed by atoms with E-state index in [1.165, 1.54) is 5.56 Å². The van der Waals surface area contributed by atoms with Gasteiger partial charge in [-0.15, -0.1) is 0 Å². The zero-order valence-electron chi connectivity index (χ0n) is 23.2. The van der Waals surface area contributed by atoms with Gasteiger partial charge in [-0.3, -0.25) is 19.1 Å². The van der Waals surface area contributed by atoms with E-state index in [2.05, 4.69) is 21.3 Å². The highest BCUT2D eigenvalue weighted by Crippen LogP contribution is 2.46. The number of hydrogen-bond acceptors (Lipinski definition) is 7. The molecule has 218 valence electrons. The van der Waals surface area contributed by atoms with E-state index in [-0.39, 0.29) is 18.2 Å². The molecule has 6 rings (SSSR count). The summed E-state index contributed by atoms with van der Waals surface area (Å²) >= 11 is 0. The molecule has 0 aromatic heterocycles. The number of aryl methyl sites for hydroxylation is 1. The quantitative estimate of drug-likeness (QED) is 0.406. The minimum Gasteiger partial charge on any atom is -0.388 e. The lowest BCUT2D eigenvalue weighted by molar-refractivity contribution is -0.133. The summed E-state index contributed by atoms with van der Waals surface area (Å²) in [6.07, 6.45) is 10.5. The first kappa shape index (κ1) is 27.7. The smallest absolute Gasteiger partial charge is 0.259 e. The van der Waals surface area contributed by atoms with Gasteiger partial charge >= 0.3 is 0 Å². The SMILES string of the molecule is CN1CCCC/C=C\[C@H]2C[C@@]2(C(=O)NS(=O)(=O)C2CC2)NC(=O)[C@@H]2C[C@@H](O/N=C3\CCc4ccccc43)C=C2C1=O. The van der Waals surface area contributed by atoms with Gasteiger partial charge in [0.2, 0.25) is 21.8 Å². The standard InChI is InChI=1S/C30H36N4O6S/c1-34-15-7-3-2-4-9-20-18-30(20,29(37)33-41(38,39)22-12-13-22)31-27(35)24-16-21(17-25(24)28(34)36)40-32-26-14-11-19-8-5-6-10-23(19)26/h4-6,8-10,17,20-22,24H,2-3,7,11-16,18H2,1H3,(H,31,35)(H,33,37)/b9-4-,32-26+/t20-,21+,24+,30+/m0/s1. The van der Waals surface area contributed by atoms with Crippen LogP contribution in [-0.2, 0) is 35.7 Å². The molecule has 2 N–H and O–H groups in total. The van der Waals surface area contributed by atoms with Gasteiger partial charge in [-0.05, 0) is 63.0 Å². The zero-order valence-corrected chi connectivity index (χ0v) is 24.0. The molecule has 1 aromatic carbocycles. The molecule has 41 heavy (non-hydrogen) atoms. The van der Waals surface area contributed by atoms with Gasteiger partial charge < -0.3 is 15.1 Å². The predicted octanol–water partition coefficient (Wildman–Crippen LogP) is 2.35. The highest BCUT2D eigenvalue weighted by molar-refractivity contribution is 7.91. The van der Waals surface area contributed by atoms with Crippen LogP contribution in [0.15, 0.2) is 53.2 Å². The van der Waals surface area contributed by atoms with Crippen molar-refractivity contribution in [2.45, 2.75) is 74.7 Å². The largest absolute Gasteiger partial charge is 0.388 e. The molecule has 0 spiro atoms. The Morgan fingerprint density at radius 3 is 2.78 bits per heavy atom. The van der Waals surface area contributed by atoms with Crippen LogP contribution in [0.1, 0.15) is 62.5 Å². The average molecular weight is 581 g/mol. The molecule has 1 aromatic rings. The van der Waals surface area contributed by atoms with E-state index in [4.69, 9.17) is 4.84 Å². The summed E-state index contributed by atoms with van der Waals surface area (Å²) < 4.78 is 27.3. The number of amides is 3. The molecule has 0 bridgehead atoms. The number of rotatable bonds is 5. The van der Waals surface area contributed by atoms with Crippen molar-refractivity contribution in [3.63, 3.8) is 0 Å². The number of allylic oxidation sites excluding steroid dienone is 1. The van der Waals surface area contributed by atoms with E-state index in [9.17, 15) is 22.8 Å². The van der Waals surface area contributed by atoms with Gasteiger partial charge in [0.1, 0.15) is 11.6 Å². The number of benzene rings is 1. The second-order valence-electron chi connectivity index (χ2n) is 11.8. The Morgan fingerprint density at radius 2 is 1.98 bits per heavy atom. The molecule has 10 nitrogen and oxygen atoms in total. The third-order valence-electron chi connectivity index (χ3n) is 8.82. The Labute approximate surface area is 240 Å². The van der Waals surface area contributed by atoms with E-state index in [1.54, 1.807) is 18.0 Å². The maximum Gasteiger partial charge on any atom is 0.259 e. The van der Waals surface area contributed by atoms with Gasteiger partial charge in [0.15, 0.2) is 0 Å². The first-order chi connectivity index (χ1) is 19.7. The fourth-order valence-corrected chi connectivity index (χ4v) is 7.45. The number of sulfonamides is 1. The zero-order chi connectivity index (χ0) is 28.8. The molecule has 0 unspecified atom stereocenters. The normalized spacial score (nSPS) is 31.7. The van der Waals surface area contributed by atoms with Gasteiger partial charge in [-0.1, -0.05) is 41.6 Å². The van der Waals surface area contributed by atoms with Crippen LogP contribution in [0.2, 0.25) is 0 Å². The number of nitrogens with one attached hydrogen (secondary N) is 2. The number of oxime groups is 1. The van der Waals surface area contributed by atoms with Crippen molar-refractivity contribution in [1.82, 2.24) is 14.9 Å². The third kappa shape index (κ3) is 5.56. The minimum atomic E-state index is -3.79. The van der Waals surface area contributed by atoms with Crippen LogP contribution in [0.3, 0.4) is 0 Å². The topological polar surface area (TPSA) is 134 Å². The molecule has 3 amide bonds. The maximum atomic E-state index is 13.8. The van der Waals surface area contributed by atoms with Crippen LogP contribution in [0.4, 0.5) is 0 Å². The number of nitrogens with zero attached hydrogens (tertiary/aromatic N) is 2. The van der Waals surface area contributed by atoms with Crippen molar-refractivity contribution in [2.24, 2.45) is 17.0 Å². The Morgan fingerprint density at radius 1 is 1.17 bits per heavy atom. The summed E-state index contributed by atoms with van der Waals surface area (Å²) in [5.41, 5.74) is 2.04. The summed E-state index contributed by atoms with van der Waals surface area (Å²) in [6.45, 7) is 0.553. The van der Waals surface area contributed by atoms with E-state index < -0.39 is 44.6 Å². The van der Waals surface area contributed by atoms with Gasteiger partial charge in [-0.25, -0.2) is 8.42 Å². The first-order valence-corrected chi connectivity index (χ1v) is 16.1. The fraction of sp³-hybridized carbons (Fsp3) is 0.533. The van der Waals surface area contributed by atoms with Gasteiger partial charge in [-0.2, -0.15) is 0 Å². The third-order valence-corrected chi connectivity index (χ3v) is 10.6. The molecule has 2 fully saturated rings. The van der Waals surface area contributed by atoms with Crippen molar-refractivity contribution in [3.05, 3.63) is 59.2 Å². The lowest BCUT2D eigenvalue weighted by Gasteiger charge is -2.24. The van der Waals surface area contributed by atoms with Crippen LogP contribution in [0.5, 0.6) is 0 Å². The second-order valence-corrected chi connectivity index (χ2v) is 13.8. The molecule has 4 atom stereocenters. The molecular weight excluding hydrogens is 544 g/mol. The van der Waals surface area contributed by atoms with Crippen molar-refractivity contribution in [3.8, 4) is 0 Å². The van der Waals surface area contributed by atoms with Gasteiger partial charge in [0.05, 0.1) is 16.9 Å². The molecule has 0 saturated heterocycles. The average Bonchev–Trinajstić information content (AvgIpc) is 3.84. The van der Waals surface area contributed by atoms with E-state index in [1.807, 2.05) is 30.4 Å². The van der Waals surface area contributed by atoms with Gasteiger partial charge in [0, 0.05) is 37.1 Å². The van der Waals surface area contributed by atoms with Crippen molar-refractivity contribution >= 4 is 33.5 Å². The van der Waals surface area contributed by atoms with Crippen LogP contribution >= 0.6 is 0 Å². The maximum absolute atomic E-state index is 13.8. The van der Waals surface area contributed by atoms with E-state index in [0.29, 0.717) is 31.4 Å². The number of carbonyl (C=O) groups is 3. The van der Waals surface area contributed by atoms with Crippen LogP contribution < -0.4 is 10.0 Å². The van der Waals surface area contributed by atoms with Crippen molar-refractivity contribution in [2.75, 3.05) is 13.6 Å². The number of fused-ring (bicyclic) bond motifs is 3. The Kier molecular flexibility index (Phi) is 7.25. The Bertz CT molecular complexity index is 1460. The van der Waals surface area contributed by atoms with Gasteiger partial charge in [0.25, 0.3) is 5.91 Å². The van der Waals surface area contributed by atoms with Crippen LogP contribution in [0.25, 0.3) is 0 Å². The minimum absolute atomic E-state index is 0.192. The van der Waals surface area contributed by atoms with E-state index in [0.717, 1.165) is 43.4 Å². The highest BCUT2D eigenvalue weighted by Gasteiger charge is 2.61. The molecule has 1 heterocycles. The molecular formula is C30H36N4O6S. The number of hydrogen-bond donors (Lipinski definition) is 2. The summed E-state index contributed by atoms with van der Waals surface area (Å²) in [6, 6.07) is 8.03. The number of carbonyl (C=O) groups excluding carboxylic acids is 3. The molecule has 4 aliphatic carbocycles. The van der Waals surface area contributed by atoms with Crippen molar-refractivity contribution < 1.29 is 27.6 Å². The molecule has 5 aliphatic rings. The predicted molar refractivity (Wildman–Crippen MR) is 152 cm³/mol. The summed E-state index contributed by atoms with van der Waals surface area (Å²) in [7, 11) is -2.07. The van der Waals surface area contributed by atoms with Crippen molar-refractivity contribution in [1.29, 1.82) is 0 Å². The van der Waals surface area contributed by atoms with Crippen LogP contribution in [0, 0.1) is 11.8 Å².